The molecule has 0 spiro atoms. The van der Waals surface area contributed by atoms with Crippen molar-refractivity contribution in [1.29, 1.82) is 0 Å². The molecule has 1 fully saturated rings. The monoisotopic (exact) mass is 254 g/mol. The normalized spacial score (nSPS) is 32.3. The van der Waals surface area contributed by atoms with E-state index in [4.69, 9.17) is 0 Å². The zero-order chi connectivity index (χ0) is 13.2. The van der Waals surface area contributed by atoms with Crippen molar-refractivity contribution in [3.63, 3.8) is 0 Å². The molecule has 16 heavy (non-hydrogen) atoms. The first-order valence-electron chi connectivity index (χ1n) is 3.96. The molecule has 0 aliphatic heterocycles. The van der Waals surface area contributed by atoms with E-state index < -0.39 is 29.1 Å². The van der Waals surface area contributed by atoms with Crippen molar-refractivity contribution in [2.45, 2.75) is 30.6 Å². The van der Waals surface area contributed by atoms with Crippen LogP contribution in [0.5, 0.6) is 0 Å². The lowest BCUT2D eigenvalue weighted by Gasteiger charge is -2.31. The van der Waals surface area contributed by atoms with Crippen molar-refractivity contribution >= 4 is 0 Å². The molecule has 0 amide bonds. The Bertz CT molecular complexity index is 303. The van der Waals surface area contributed by atoms with Crippen LogP contribution in [0.2, 0.25) is 0 Å². The van der Waals surface area contributed by atoms with Crippen LogP contribution in [-0.4, -0.2) is 23.7 Å². The fourth-order valence-electron chi connectivity index (χ4n) is 1.50. The van der Waals surface area contributed by atoms with E-state index in [0.29, 0.717) is 0 Å². The Balaban J connectivity index is 3.65. The van der Waals surface area contributed by atoms with Crippen LogP contribution in [0.4, 0.5) is 35.1 Å². The van der Waals surface area contributed by atoms with E-state index in [1.54, 1.807) is 0 Å². The van der Waals surface area contributed by atoms with E-state index in [2.05, 4.69) is 6.58 Å². The van der Waals surface area contributed by atoms with E-state index in [1.165, 1.54) is 0 Å². The van der Waals surface area contributed by atoms with Gasteiger partial charge in [-0.3, -0.25) is 0 Å². The standard InChI is InChI=1S/C8H6F8/c1-3-4(2)5(9,10)7(13,14)8(15,16)6(4,11)12/h3H,1H2,2H3. The number of hydrogen-bond acceptors (Lipinski definition) is 0. The van der Waals surface area contributed by atoms with Crippen LogP contribution in [-0.2, 0) is 0 Å². The van der Waals surface area contributed by atoms with Gasteiger partial charge < -0.3 is 0 Å². The van der Waals surface area contributed by atoms with Crippen LogP contribution < -0.4 is 0 Å². The molecule has 0 heterocycles. The Morgan fingerprint density at radius 1 is 0.688 bits per heavy atom. The van der Waals surface area contributed by atoms with Crippen LogP contribution in [0.1, 0.15) is 6.92 Å². The molecule has 1 rings (SSSR count). The minimum Gasteiger partial charge on any atom is -0.198 e. The molecule has 8 heteroatoms. The van der Waals surface area contributed by atoms with Crippen LogP contribution in [0.15, 0.2) is 12.7 Å². The predicted molar refractivity (Wildman–Crippen MR) is 38.1 cm³/mol. The minimum absolute atomic E-state index is 0.0746. The first kappa shape index (κ1) is 13.2. The SMILES string of the molecule is C=CC1(C)C(F)(F)C(F)(F)C(F)(F)C1(F)F. The lowest BCUT2D eigenvalue weighted by molar-refractivity contribution is -0.303. The van der Waals surface area contributed by atoms with Gasteiger partial charge in [-0.25, -0.2) is 0 Å². The van der Waals surface area contributed by atoms with Gasteiger partial charge in [0.05, 0.1) is 0 Å². The van der Waals surface area contributed by atoms with Crippen molar-refractivity contribution < 1.29 is 35.1 Å². The van der Waals surface area contributed by atoms with E-state index in [1.807, 2.05) is 0 Å². The predicted octanol–water partition coefficient (Wildman–Crippen LogP) is 3.73. The van der Waals surface area contributed by atoms with Gasteiger partial charge in [-0.05, 0) is 6.92 Å². The number of allylic oxidation sites excluding steroid dienone is 1. The number of hydrogen-bond donors (Lipinski definition) is 0. The van der Waals surface area contributed by atoms with Gasteiger partial charge in [0.25, 0.3) is 0 Å². The van der Waals surface area contributed by atoms with Crippen molar-refractivity contribution in [1.82, 2.24) is 0 Å². The third-order valence-corrected chi connectivity index (χ3v) is 2.90. The van der Waals surface area contributed by atoms with E-state index in [9.17, 15) is 35.1 Å². The zero-order valence-electron chi connectivity index (χ0n) is 7.81. The van der Waals surface area contributed by atoms with Crippen molar-refractivity contribution in [2.75, 3.05) is 0 Å². The molecule has 0 saturated heterocycles. The second kappa shape index (κ2) is 2.70. The lowest BCUT2D eigenvalue weighted by atomic mass is 9.82. The average molecular weight is 254 g/mol. The summed E-state index contributed by atoms with van der Waals surface area (Å²) >= 11 is 0. The van der Waals surface area contributed by atoms with Crippen LogP contribution in [0, 0.1) is 5.41 Å². The molecule has 0 radical (unpaired) electrons. The highest BCUT2D eigenvalue weighted by Crippen LogP contribution is 2.71. The van der Waals surface area contributed by atoms with Gasteiger partial charge in [0.1, 0.15) is 5.41 Å². The Hall–Kier alpha value is -0.820. The Morgan fingerprint density at radius 3 is 1.06 bits per heavy atom. The van der Waals surface area contributed by atoms with E-state index >= 15 is 0 Å². The summed E-state index contributed by atoms with van der Waals surface area (Å²) in [6, 6.07) is 0. The maximum atomic E-state index is 13.0. The van der Waals surface area contributed by atoms with E-state index in [-0.39, 0.29) is 13.0 Å². The quantitative estimate of drug-likeness (QED) is 0.494. The Kier molecular flexibility index (Phi) is 2.24. The third kappa shape index (κ3) is 0.878. The molecular formula is C8H6F8. The van der Waals surface area contributed by atoms with Gasteiger partial charge in [0.15, 0.2) is 0 Å². The number of halogens is 8. The zero-order valence-corrected chi connectivity index (χ0v) is 7.81. The molecule has 0 aromatic heterocycles. The van der Waals surface area contributed by atoms with Gasteiger partial charge in [-0.2, -0.15) is 35.1 Å². The fourth-order valence-corrected chi connectivity index (χ4v) is 1.50. The molecule has 0 atom stereocenters. The summed E-state index contributed by atoms with van der Waals surface area (Å²) in [5.74, 6) is -23.4. The summed E-state index contributed by atoms with van der Waals surface area (Å²) in [7, 11) is 0. The second-order valence-corrected chi connectivity index (χ2v) is 3.70. The molecule has 1 saturated carbocycles. The summed E-state index contributed by atoms with van der Waals surface area (Å²) in [6.45, 7) is 2.44. The summed E-state index contributed by atoms with van der Waals surface area (Å²) in [5.41, 5.74) is -4.01. The highest BCUT2D eigenvalue weighted by atomic mass is 19.4. The molecule has 0 unspecified atom stereocenters. The Labute approximate surface area is 84.9 Å². The molecule has 1 aliphatic carbocycles. The highest BCUT2D eigenvalue weighted by Gasteiger charge is 2.96. The van der Waals surface area contributed by atoms with Gasteiger partial charge in [0, 0.05) is 0 Å². The number of alkyl halides is 8. The molecule has 0 N–H and O–H groups in total. The van der Waals surface area contributed by atoms with E-state index in [0.717, 1.165) is 0 Å². The number of rotatable bonds is 1. The molecule has 94 valence electrons. The molecule has 0 aromatic rings. The first-order chi connectivity index (χ1) is 6.81. The highest BCUT2D eigenvalue weighted by molar-refractivity contribution is 5.28. The second-order valence-electron chi connectivity index (χ2n) is 3.70. The molecule has 0 bridgehead atoms. The van der Waals surface area contributed by atoms with Gasteiger partial charge in [-0.1, -0.05) is 6.08 Å². The molecular weight excluding hydrogens is 248 g/mol. The van der Waals surface area contributed by atoms with Gasteiger partial charge in [-0.15, -0.1) is 6.58 Å². The largest absolute Gasteiger partial charge is 0.379 e. The summed E-state index contributed by atoms with van der Waals surface area (Å²) in [4.78, 5) is 0. The van der Waals surface area contributed by atoms with Crippen molar-refractivity contribution in [2.24, 2.45) is 5.41 Å². The van der Waals surface area contributed by atoms with Gasteiger partial charge in [0.2, 0.25) is 0 Å². The van der Waals surface area contributed by atoms with Gasteiger partial charge >= 0.3 is 23.7 Å². The molecule has 0 aromatic carbocycles. The topological polar surface area (TPSA) is 0 Å². The van der Waals surface area contributed by atoms with Crippen molar-refractivity contribution in [3.05, 3.63) is 12.7 Å². The lowest BCUT2D eigenvalue weighted by Crippen LogP contribution is -2.51. The van der Waals surface area contributed by atoms with Crippen LogP contribution >= 0.6 is 0 Å². The first-order valence-corrected chi connectivity index (χ1v) is 3.96. The van der Waals surface area contributed by atoms with Crippen LogP contribution in [0.3, 0.4) is 0 Å². The minimum atomic E-state index is -6.13. The maximum absolute atomic E-state index is 13.0. The third-order valence-electron chi connectivity index (χ3n) is 2.90. The van der Waals surface area contributed by atoms with Crippen molar-refractivity contribution in [3.8, 4) is 0 Å². The van der Waals surface area contributed by atoms with Crippen LogP contribution in [0.25, 0.3) is 0 Å². The fraction of sp³-hybridized carbons (Fsp3) is 0.750. The molecule has 1 aliphatic rings. The summed E-state index contributed by atoms with van der Waals surface area (Å²) < 4.78 is 103. The maximum Gasteiger partial charge on any atom is 0.379 e. The Morgan fingerprint density at radius 2 is 0.938 bits per heavy atom. The summed E-state index contributed by atoms with van der Waals surface area (Å²) in [5, 5.41) is 0. The molecule has 0 nitrogen and oxygen atoms in total. The summed E-state index contributed by atoms with van der Waals surface area (Å²) in [6.07, 6.45) is -0.262. The smallest absolute Gasteiger partial charge is 0.198 e. The average Bonchev–Trinajstić information content (AvgIpc) is 2.18.